The summed E-state index contributed by atoms with van der Waals surface area (Å²) in [4.78, 5) is 11.9. The molecule has 1 fully saturated rings. The highest BCUT2D eigenvalue weighted by Gasteiger charge is 2.34. The van der Waals surface area contributed by atoms with Gasteiger partial charge in [-0.15, -0.1) is 0 Å². The topological polar surface area (TPSA) is 50.4 Å². The molecule has 1 aliphatic carbocycles. The van der Waals surface area contributed by atoms with E-state index in [4.69, 9.17) is 4.74 Å². The van der Waals surface area contributed by atoms with E-state index < -0.39 is 5.41 Å². The van der Waals surface area contributed by atoms with E-state index in [1.165, 1.54) is 18.4 Å². The third kappa shape index (κ3) is 3.97. The number of nitrogens with one attached hydrogen (secondary N) is 2. The predicted octanol–water partition coefficient (Wildman–Crippen LogP) is 2.51. The molecule has 1 aliphatic rings. The van der Waals surface area contributed by atoms with Gasteiger partial charge < -0.3 is 15.4 Å². The number of methoxy groups -OCH3 is 1. The molecule has 21 heavy (non-hydrogen) atoms. The first-order chi connectivity index (χ1) is 9.97. The van der Waals surface area contributed by atoms with Crippen molar-refractivity contribution >= 4 is 5.91 Å². The molecule has 1 amide bonds. The van der Waals surface area contributed by atoms with Crippen LogP contribution in [-0.2, 0) is 4.79 Å². The molecular formula is C17H26N2O2. The SMILES string of the molecule is CNC(=O)C(C)(C)CNC(c1ccc(OC)cc1)C1CC1. The van der Waals surface area contributed by atoms with Gasteiger partial charge in [0, 0.05) is 19.6 Å². The summed E-state index contributed by atoms with van der Waals surface area (Å²) in [6, 6.07) is 8.54. The zero-order chi connectivity index (χ0) is 15.5. The molecule has 1 unspecified atom stereocenters. The highest BCUT2D eigenvalue weighted by molar-refractivity contribution is 5.81. The molecular weight excluding hydrogens is 264 g/mol. The maximum atomic E-state index is 11.9. The fourth-order valence-corrected chi connectivity index (χ4v) is 2.58. The molecule has 0 radical (unpaired) electrons. The predicted molar refractivity (Wildman–Crippen MR) is 84.3 cm³/mol. The van der Waals surface area contributed by atoms with Crippen LogP contribution in [0.5, 0.6) is 5.75 Å². The highest BCUT2D eigenvalue weighted by atomic mass is 16.5. The molecule has 0 aromatic heterocycles. The lowest BCUT2D eigenvalue weighted by atomic mass is 9.91. The van der Waals surface area contributed by atoms with E-state index in [9.17, 15) is 4.79 Å². The van der Waals surface area contributed by atoms with E-state index in [0.717, 1.165) is 5.75 Å². The zero-order valence-electron chi connectivity index (χ0n) is 13.4. The quantitative estimate of drug-likeness (QED) is 0.811. The molecule has 1 aromatic rings. The second-order valence-electron chi connectivity index (χ2n) is 6.43. The summed E-state index contributed by atoms with van der Waals surface area (Å²) in [7, 11) is 3.36. The Kier molecular flexibility index (Phi) is 4.88. The van der Waals surface area contributed by atoms with E-state index in [0.29, 0.717) is 18.5 Å². The van der Waals surface area contributed by atoms with E-state index in [-0.39, 0.29) is 5.91 Å². The van der Waals surface area contributed by atoms with Gasteiger partial charge in [-0.25, -0.2) is 0 Å². The van der Waals surface area contributed by atoms with Gasteiger partial charge >= 0.3 is 0 Å². The standard InChI is InChI=1S/C17H26N2O2/c1-17(2,16(20)18-3)11-19-15(12-5-6-12)13-7-9-14(21-4)10-8-13/h7-10,12,15,19H,5-6,11H2,1-4H3,(H,18,20). The van der Waals surface area contributed by atoms with Gasteiger partial charge in [-0.05, 0) is 50.3 Å². The highest BCUT2D eigenvalue weighted by Crippen LogP contribution is 2.41. The number of benzene rings is 1. The van der Waals surface area contributed by atoms with Gasteiger partial charge in [-0.1, -0.05) is 12.1 Å². The molecule has 4 heteroatoms. The Labute approximate surface area is 127 Å². The molecule has 0 saturated heterocycles. The molecule has 0 heterocycles. The fraction of sp³-hybridized carbons (Fsp3) is 0.588. The summed E-state index contributed by atoms with van der Waals surface area (Å²) in [5.41, 5.74) is 0.861. The minimum absolute atomic E-state index is 0.0688. The Bertz CT molecular complexity index is 478. The summed E-state index contributed by atoms with van der Waals surface area (Å²) < 4.78 is 5.21. The summed E-state index contributed by atoms with van der Waals surface area (Å²) >= 11 is 0. The van der Waals surface area contributed by atoms with Gasteiger partial charge in [-0.3, -0.25) is 4.79 Å². The second kappa shape index (κ2) is 6.48. The van der Waals surface area contributed by atoms with Crippen LogP contribution < -0.4 is 15.4 Å². The van der Waals surface area contributed by atoms with Crippen molar-refractivity contribution in [3.05, 3.63) is 29.8 Å². The Hall–Kier alpha value is -1.55. The first kappa shape index (κ1) is 15.8. The third-order valence-corrected chi connectivity index (χ3v) is 4.17. The van der Waals surface area contributed by atoms with Crippen LogP contribution in [0.2, 0.25) is 0 Å². The summed E-state index contributed by atoms with van der Waals surface area (Å²) in [6.07, 6.45) is 2.51. The monoisotopic (exact) mass is 290 g/mol. The lowest BCUT2D eigenvalue weighted by Gasteiger charge is -2.27. The fourth-order valence-electron chi connectivity index (χ4n) is 2.58. The average Bonchev–Trinajstić information content (AvgIpc) is 3.32. The van der Waals surface area contributed by atoms with Crippen molar-refractivity contribution in [2.45, 2.75) is 32.7 Å². The number of carbonyl (C=O) groups excluding carboxylic acids is 1. The van der Waals surface area contributed by atoms with Gasteiger partial charge in [0.1, 0.15) is 5.75 Å². The first-order valence-electron chi connectivity index (χ1n) is 7.57. The van der Waals surface area contributed by atoms with Crippen LogP contribution in [-0.4, -0.2) is 26.6 Å². The molecule has 1 saturated carbocycles. The Morgan fingerprint density at radius 2 is 1.95 bits per heavy atom. The van der Waals surface area contributed by atoms with Gasteiger partial charge in [0.2, 0.25) is 5.91 Å². The van der Waals surface area contributed by atoms with E-state index in [1.807, 2.05) is 26.0 Å². The van der Waals surface area contributed by atoms with Gasteiger partial charge in [0.15, 0.2) is 0 Å². The second-order valence-corrected chi connectivity index (χ2v) is 6.43. The number of hydrogen-bond acceptors (Lipinski definition) is 3. The summed E-state index contributed by atoms with van der Waals surface area (Å²) in [6.45, 7) is 4.60. The van der Waals surface area contributed by atoms with Gasteiger partial charge in [0.25, 0.3) is 0 Å². The van der Waals surface area contributed by atoms with Crippen LogP contribution >= 0.6 is 0 Å². The normalized spacial score (nSPS) is 16.4. The molecule has 2 N–H and O–H groups in total. The zero-order valence-corrected chi connectivity index (χ0v) is 13.4. The minimum Gasteiger partial charge on any atom is -0.497 e. The molecule has 116 valence electrons. The molecule has 2 rings (SSSR count). The maximum Gasteiger partial charge on any atom is 0.226 e. The van der Waals surface area contributed by atoms with Crippen LogP contribution in [0.25, 0.3) is 0 Å². The largest absolute Gasteiger partial charge is 0.497 e. The number of rotatable bonds is 7. The van der Waals surface area contributed by atoms with Crippen molar-refractivity contribution < 1.29 is 9.53 Å². The molecule has 0 bridgehead atoms. The van der Waals surface area contributed by atoms with Crippen LogP contribution in [0, 0.1) is 11.3 Å². The van der Waals surface area contributed by atoms with E-state index in [1.54, 1.807) is 14.2 Å². The van der Waals surface area contributed by atoms with Crippen molar-refractivity contribution in [1.29, 1.82) is 0 Å². The minimum atomic E-state index is -0.408. The first-order valence-corrected chi connectivity index (χ1v) is 7.57. The van der Waals surface area contributed by atoms with Crippen LogP contribution in [0.3, 0.4) is 0 Å². The van der Waals surface area contributed by atoms with Gasteiger partial charge in [-0.2, -0.15) is 0 Å². The van der Waals surface area contributed by atoms with Crippen molar-refractivity contribution in [3.63, 3.8) is 0 Å². The Balaban J connectivity index is 2.04. The van der Waals surface area contributed by atoms with Crippen molar-refractivity contribution in [1.82, 2.24) is 10.6 Å². The van der Waals surface area contributed by atoms with Crippen LogP contribution in [0.15, 0.2) is 24.3 Å². The van der Waals surface area contributed by atoms with Crippen molar-refractivity contribution in [3.8, 4) is 5.75 Å². The molecule has 4 nitrogen and oxygen atoms in total. The smallest absolute Gasteiger partial charge is 0.226 e. The Morgan fingerprint density at radius 1 is 1.33 bits per heavy atom. The van der Waals surface area contributed by atoms with Gasteiger partial charge in [0.05, 0.1) is 12.5 Å². The van der Waals surface area contributed by atoms with Crippen LogP contribution in [0.4, 0.5) is 0 Å². The molecule has 0 spiro atoms. The number of hydrogen-bond donors (Lipinski definition) is 2. The van der Waals surface area contributed by atoms with Crippen molar-refractivity contribution in [2.75, 3.05) is 20.7 Å². The van der Waals surface area contributed by atoms with E-state index >= 15 is 0 Å². The lowest BCUT2D eigenvalue weighted by Crippen LogP contribution is -2.43. The molecule has 1 atom stereocenters. The Morgan fingerprint density at radius 3 is 2.43 bits per heavy atom. The number of ether oxygens (including phenoxy) is 1. The number of carbonyl (C=O) groups is 1. The lowest BCUT2D eigenvalue weighted by molar-refractivity contribution is -0.128. The van der Waals surface area contributed by atoms with E-state index in [2.05, 4.69) is 22.8 Å². The maximum absolute atomic E-state index is 11.9. The van der Waals surface area contributed by atoms with Crippen LogP contribution in [0.1, 0.15) is 38.3 Å². The summed E-state index contributed by atoms with van der Waals surface area (Å²) in [5, 5.41) is 6.32. The molecule has 0 aliphatic heterocycles. The summed E-state index contributed by atoms with van der Waals surface area (Å²) in [5.74, 6) is 1.62. The molecule has 1 aromatic carbocycles. The van der Waals surface area contributed by atoms with Crippen molar-refractivity contribution in [2.24, 2.45) is 11.3 Å². The number of amides is 1. The average molecular weight is 290 g/mol. The third-order valence-electron chi connectivity index (χ3n) is 4.17.